The van der Waals surface area contributed by atoms with Crippen molar-refractivity contribution in [2.45, 2.75) is 6.42 Å². The van der Waals surface area contributed by atoms with Crippen molar-refractivity contribution in [2.75, 3.05) is 14.2 Å². The highest BCUT2D eigenvalue weighted by Gasteiger charge is 2.20. The third-order valence-corrected chi connectivity index (χ3v) is 5.47. The average Bonchev–Trinajstić information content (AvgIpc) is 3.21. The Balaban J connectivity index is 1.84. The normalized spacial score (nSPS) is 11.2. The molecule has 6 heteroatoms. The highest BCUT2D eigenvalue weighted by atomic mass is 16.5. The Morgan fingerprint density at radius 2 is 1.55 bits per heavy atom. The summed E-state index contributed by atoms with van der Waals surface area (Å²) in [7, 11) is 3.22. The van der Waals surface area contributed by atoms with Gasteiger partial charge in [-0.3, -0.25) is 5.10 Å². The van der Waals surface area contributed by atoms with Gasteiger partial charge in [-0.1, -0.05) is 42.5 Å². The maximum atomic E-state index is 10.5. The predicted molar refractivity (Wildman–Crippen MR) is 121 cm³/mol. The quantitative estimate of drug-likeness (QED) is 0.421. The van der Waals surface area contributed by atoms with Gasteiger partial charge in [0, 0.05) is 22.8 Å². The van der Waals surface area contributed by atoms with Gasteiger partial charge >= 0.3 is 0 Å². The van der Waals surface area contributed by atoms with Crippen molar-refractivity contribution in [3.8, 4) is 28.5 Å². The number of aromatic hydroxyl groups is 1. The fourth-order valence-corrected chi connectivity index (χ4v) is 3.98. The molecule has 2 N–H and O–H groups in total. The Bertz CT molecular complexity index is 1390. The topological polar surface area (TPSA) is 80.3 Å². The molecule has 5 aromatic rings. The van der Waals surface area contributed by atoms with Crippen molar-refractivity contribution >= 4 is 21.8 Å². The Hall–Kier alpha value is -4.06. The molecule has 3 aromatic carbocycles. The van der Waals surface area contributed by atoms with E-state index < -0.39 is 0 Å². The molecule has 154 valence electrons. The van der Waals surface area contributed by atoms with Crippen LogP contribution < -0.4 is 9.47 Å². The number of methoxy groups -OCH3 is 2. The molecule has 0 aliphatic rings. The maximum Gasteiger partial charge on any atom is 0.161 e. The standard InChI is InChI=1S/C25H21N3O3/c1-30-21-13-17-18(14-22(21)31-2)24(16-10-6-7-11-20(16)29)26-25-23(17)19(27-28-25)12-15-8-4-3-5-9-15/h3-11,13-14,29H,12H2,1-2H3,(H,26,27,28). The second-order valence-electron chi connectivity index (χ2n) is 7.29. The molecule has 0 fully saturated rings. The summed E-state index contributed by atoms with van der Waals surface area (Å²) in [6.07, 6.45) is 0.669. The molecule has 2 aromatic heterocycles. The minimum atomic E-state index is 0.162. The van der Waals surface area contributed by atoms with Crippen molar-refractivity contribution in [3.63, 3.8) is 0 Å². The first-order valence-corrected chi connectivity index (χ1v) is 9.94. The number of fused-ring (bicyclic) bond motifs is 3. The van der Waals surface area contributed by atoms with Gasteiger partial charge in [0.15, 0.2) is 17.1 Å². The smallest absolute Gasteiger partial charge is 0.161 e. The zero-order valence-electron chi connectivity index (χ0n) is 17.2. The van der Waals surface area contributed by atoms with E-state index in [1.54, 1.807) is 26.4 Å². The molecule has 0 saturated heterocycles. The monoisotopic (exact) mass is 411 g/mol. The highest BCUT2D eigenvalue weighted by Crippen LogP contribution is 2.41. The van der Waals surface area contributed by atoms with E-state index in [2.05, 4.69) is 22.3 Å². The lowest BCUT2D eigenvalue weighted by molar-refractivity contribution is 0.356. The van der Waals surface area contributed by atoms with Crippen LogP contribution in [0.5, 0.6) is 17.2 Å². The number of aromatic amines is 1. The van der Waals surface area contributed by atoms with E-state index >= 15 is 0 Å². The van der Waals surface area contributed by atoms with Crippen molar-refractivity contribution in [3.05, 3.63) is 78.0 Å². The maximum absolute atomic E-state index is 10.5. The molecule has 0 bridgehead atoms. The third kappa shape index (κ3) is 3.22. The van der Waals surface area contributed by atoms with Crippen LogP contribution in [0.2, 0.25) is 0 Å². The number of nitrogens with zero attached hydrogens (tertiary/aromatic N) is 2. The second-order valence-corrected chi connectivity index (χ2v) is 7.29. The van der Waals surface area contributed by atoms with Crippen LogP contribution in [0.1, 0.15) is 11.3 Å². The molecule has 0 amide bonds. The minimum Gasteiger partial charge on any atom is -0.507 e. The molecule has 0 aliphatic heterocycles. The number of phenolic OH excluding ortho intramolecular Hbond substituents is 1. The molecule has 31 heavy (non-hydrogen) atoms. The molecular formula is C25H21N3O3. The third-order valence-electron chi connectivity index (χ3n) is 5.47. The first-order valence-electron chi connectivity index (χ1n) is 9.94. The molecule has 0 aliphatic carbocycles. The lowest BCUT2D eigenvalue weighted by Crippen LogP contribution is -1.95. The number of benzene rings is 3. The average molecular weight is 411 g/mol. The molecule has 0 atom stereocenters. The first kappa shape index (κ1) is 18.9. The van der Waals surface area contributed by atoms with Gasteiger partial charge < -0.3 is 14.6 Å². The molecule has 2 heterocycles. The van der Waals surface area contributed by atoms with Gasteiger partial charge in [-0.2, -0.15) is 5.10 Å². The number of hydrogen-bond acceptors (Lipinski definition) is 5. The van der Waals surface area contributed by atoms with Gasteiger partial charge in [-0.15, -0.1) is 0 Å². The van der Waals surface area contributed by atoms with Crippen molar-refractivity contribution < 1.29 is 14.6 Å². The summed E-state index contributed by atoms with van der Waals surface area (Å²) >= 11 is 0. The Morgan fingerprint density at radius 1 is 0.871 bits per heavy atom. The van der Waals surface area contributed by atoms with Gasteiger partial charge in [0.05, 0.1) is 31.0 Å². The van der Waals surface area contributed by atoms with Crippen molar-refractivity contribution in [1.82, 2.24) is 15.2 Å². The lowest BCUT2D eigenvalue weighted by atomic mass is 9.98. The van der Waals surface area contributed by atoms with Crippen LogP contribution in [-0.4, -0.2) is 34.5 Å². The first-order chi connectivity index (χ1) is 15.2. The number of H-pyrrole nitrogens is 1. The summed E-state index contributed by atoms with van der Waals surface area (Å²) in [5.74, 6) is 1.38. The predicted octanol–water partition coefficient (Wildman–Crippen LogP) is 5.09. The van der Waals surface area contributed by atoms with Gasteiger partial charge in [0.2, 0.25) is 0 Å². The summed E-state index contributed by atoms with van der Waals surface area (Å²) in [5.41, 5.74) is 4.00. The molecule has 0 radical (unpaired) electrons. The van der Waals surface area contributed by atoms with Crippen LogP contribution in [0.15, 0.2) is 66.7 Å². The van der Waals surface area contributed by atoms with Crippen LogP contribution in [0.4, 0.5) is 0 Å². The number of aromatic nitrogens is 3. The van der Waals surface area contributed by atoms with E-state index in [0.717, 1.165) is 27.4 Å². The largest absolute Gasteiger partial charge is 0.507 e. The fourth-order valence-electron chi connectivity index (χ4n) is 3.98. The van der Waals surface area contributed by atoms with Gasteiger partial charge in [-0.25, -0.2) is 4.98 Å². The van der Waals surface area contributed by atoms with Crippen LogP contribution in [0.25, 0.3) is 33.1 Å². The number of nitrogens with one attached hydrogen (secondary N) is 1. The number of rotatable bonds is 5. The highest BCUT2D eigenvalue weighted by molar-refractivity contribution is 6.12. The van der Waals surface area contributed by atoms with Gasteiger partial charge in [-0.05, 0) is 29.8 Å². The number of para-hydroxylation sites is 1. The second kappa shape index (κ2) is 7.65. The molecule has 5 rings (SSSR count). The molecule has 0 spiro atoms. The van der Waals surface area contributed by atoms with E-state index in [0.29, 0.717) is 34.8 Å². The van der Waals surface area contributed by atoms with E-state index in [-0.39, 0.29) is 5.75 Å². The summed E-state index contributed by atoms with van der Waals surface area (Å²) in [6, 6.07) is 21.2. The zero-order valence-corrected chi connectivity index (χ0v) is 17.2. The lowest BCUT2D eigenvalue weighted by Gasteiger charge is -2.14. The van der Waals surface area contributed by atoms with Crippen LogP contribution in [0, 0.1) is 0 Å². The van der Waals surface area contributed by atoms with E-state index in [1.165, 1.54) is 0 Å². The summed E-state index contributed by atoms with van der Waals surface area (Å²) in [4.78, 5) is 4.85. The Morgan fingerprint density at radius 3 is 2.26 bits per heavy atom. The summed E-state index contributed by atoms with van der Waals surface area (Å²) in [6.45, 7) is 0. The number of ether oxygens (including phenoxy) is 2. The minimum absolute atomic E-state index is 0.162. The van der Waals surface area contributed by atoms with Crippen LogP contribution in [0.3, 0.4) is 0 Å². The molecule has 6 nitrogen and oxygen atoms in total. The van der Waals surface area contributed by atoms with Crippen LogP contribution >= 0.6 is 0 Å². The molecule has 0 unspecified atom stereocenters. The number of phenols is 1. The molecule has 0 saturated carbocycles. The van der Waals surface area contributed by atoms with E-state index in [1.807, 2.05) is 42.5 Å². The zero-order chi connectivity index (χ0) is 21.4. The van der Waals surface area contributed by atoms with Crippen molar-refractivity contribution in [1.29, 1.82) is 0 Å². The van der Waals surface area contributed by atoms with Crippen LogP contribution in [-0.2, 0) is 6.42 Å². The fraction of sp³-hybridized carbons (Fsp3) is 0.120. The van der Waals surface area contributed by atoms with Gasteiger partial charge in [0.25, 0.3) is 0 Å². The number of pyridine rings is 1. The Kier molecular flexibility index (Phi) is 4.67. The summed E-state index contributed by atoms with van der Waals surface area (Å²) in [5, 5.41) is 20.9. The van der Waals surface area contributed by atoms with Crippen molar-refractivity contribution in [2.24, 2.45) is 0 Å². The SMILES string of the molecule is COc1cc2c(-c3ccccc3O)nc3[nH]nc(Cc4ccccc4)c3c2cc1OC. The van der Waals surface area contributed by atoms with E-state index in [4.69, 9.17) is 14.5 Å². The summed E-state index contributed by atoms with van der Waals surface area (Å²) < 4.78 is 11.1. The Labute approximate surface area is 179 Å². The van der Waals surface area contributed by atoms with E-state index in [9.17, 15) is 5.11 Å². The van der Waals surface area contributed by atoms with Gasteiger partial charge in [0.1, 0.15) is 5.75 Å². The number of hydrogen-bond donors (Lipinski definition) is 2. The molecular weight excluding hydrogens is 390 g/mol.